The van der Waals surface area contributed by atoms with Gasteiger partial charge in [-0.1, -0.05) is 0 Å². The SMILES string of the molecule is COCCC(=O)N1CC[C@@]2(COCc3c(C)nc(N4CCOCC4)nc32)C1. The van der Waals surface area contributed by atoms with Gasteiger partial charge < -0.3 is 24.0 Å². The number of aromatic nitrogens is 2. The lowest BCUT2D eigenvalue weighted by Gasteiger charge is -2.36. The van der Waals surface area contributed by atoms with Crippen LogP contribution in [0, 0.1) is 6.92 Å². The second kappa shape index (κ2) is 7.69. The van der Waals surface area contributed by atoms with E-state index in [2.05, 4.69) is 4.90 Å². The molecule has 1 aromatic rings. The van der Waals surface area contributed by atoms with Crippen molar-refractivity contribution in [1.82, 2.24) is 14.9 Å². The molecule has 0 aliphatic carbocycles. The standard InChI is InChI=1S/C19H28N4O4/c1-14-15-11-27-13-19(4-5-23(12-19)16(24)3-8-25-2)17(15)21-18(20-14)22-6-9-26-10-7-22/h3-13H2,1-2H3/t19-/m0/s1. The maximum absolute atomic E-state index is 12.5. The quantitative estimate of drug-likeness (QED) is 0.764. The third-order valence-corrected chi connectivity index (χ3v) is 5.85. The van der Waals surface area contributed by atoms with Crippen molar-refractivity contribution in [2.24, 2.45) is 0 Å². The zero-order chi connectivity index (χ0) is 18.9. The minimum atomic E-state index is -0.231. The zero-order valence-corrected chi connectivity index (χ0v) is 16.2. The number of hydrogen-bond donors (Lipinski definition) is 0. The van der Waals surface area contributed by atoms with Crippen molar-refractivity contribution in [3.63, 3.8) is 0 Å². The topological polar surface area (TPSA) is 77.0 Å². The number of anilines is 1. The number of likely N-dealkylation sites (tertiary alicyclic amines) is 1. The molecule has 2 fully saturated rings. The van der Waals surface area contributed by atoms with Crippen LogP contribution in [0.3, 0.4) is 0 Å². The van der Waals surface area contributed by atoms with Gasteiger partial charge in [-0.05, 0) is 13.3 Å². The molecule has 0 saturated carbocycles. The summed E-state index contributed by atoms with van der Waals surface area (Å²) in [5, 5.41) is 0. The maximum atomic E-state index is 12.5. The molecule has 1 aromatic heterocycles. The van der Waals surface area contributed by atoms with E-state index in [1.807, 2.05) is 11.8 Å². The minimum Gasteiger partial charge on any atom is -0.384 e. The summed E-state index contributed by atoms with van der Waals surface area (Å²) < 4.78 is 16.4. The fraction of sp³-hybridized carbons (Fsp3) is 0.737. The predicted molar refractivity (Wildman–Crippen MR) is 98.8 cm³/mol. The average molecular weight is 376 g/mol. The van der Waals surface area contributed by atoms with Gasteiger partial charge in [0.1, 0.15) is 0 Å². The Balaban J connectivity index is 1.62. The summed E-state index contributed by atoms with van der Waals surface area (Å²) in [6.45, 7) is 8.05. The van der Waals surface area contributed by atoms with Crippen molar-refractivity contribution >= 4 is 11.9 Å². The third-order valence-electron chi connectivity index (χ3n) is 5.85. The molecule has 0 bridgehead atoms. The Morgan fingerprint density at radius 1 is 1.22 bits per heavy atom. The number of carbonyl (C=O) groups excluding carboxylic acids is 1. The van der Waals surface area contributed by atoms with E-state index in [-0.39, 0.29) is 11.3 Å². The number of hydrogen-bond acceptors (Lipinski definition) is 7. The van der Waals surface area contributed by atoms with Gasteiger partial charge >= 0.3 is 0 Å². The molecule has 3 aliphatic rings. The van der Waals surface area contributed by atoms with Gasteiger partial charge in [-0.15, -0.1) is 0 Å². The van der Waals surface area contributed by atoms with E-state index in [0.29, 0.717) is 46.0 Å². The first-order valence-corrected chi connectivity index (χ1v) is 9.68. The Hall–Kier alpha value is -1.77. The van der Waals surface area contributed by atoms with E-state index < -0.39 is 0 Å². The van der Waals surface area contributed by atoms with E-state index in [1.165, 1.54) is 0 Å². The molecular weight excluding hydrogens is 348 g/mol. The lowest BCUT2D eigenvalue weighted by molar-refractivity contribution is -0.131. The van der Waals surface area contributed by atoms with Crippen molar-refractivity contribution in [3.8, 4) is 0 Å². The van der Waals surface area contributed by atoms with Gasteiger partial charge in [-0.2, -0.15) is 0 Å². The van der Waals surface area contributed by atoms with Crippen LogP contribution in [0.2, 0.25) is 0 Å². The molecule has 0 radical (unpaired) electrons. The van der Waals surface area contributed by atoms with Gasteiger partial charge in [-0.25, -0.2) is 9.97 Å². The first-order valence-electron chi connectivity index (χ1n) is 9.68. The molecule has 3 aliphatic heterocycles. The highest BCUT2D eigenvalue weighted by Crippen LogP contribution is 2.40. The molecule has 1 atom stereocenters. The van der Waals surface area contributed by atoms with Crippen LogP contribution < -0.4 is 4.90 Å². The molecule has 2 saturated heterocycles. The molecule has 148 valence electrons. The van der Waals surface area contributed by atoms with Gasteiger partial charge in [0.05, 0.1) is 50.6 Å². The molecular formula is C19H28N4O4. The number of amides is 1. The molecule has 8 nitrogen and oxygen atoms in total. The van der Waals surface area contributed by atoms with E-state index >= 15 is 0 Å². The molecule has 0 aromatic carbocycles. The molecule has 4 heterocycles. The first kappa shape index (κ1) is 18.6. The van der Waals surface area contributed by atoms with Crippen LogP contribution in [0.4, 0.5) is 5.95 Å². The fourth-order valence-electron chi connectivity index (χ4n) is 4.26. The highest BCUT2D eigenvalue weighted by Gasteiger charge is 2.46. The largest absolute Gasteiger partial charge is 0.384 e. The van der Waals surface area contributed by atoms with Crippen molar-refractivity contribution in [2.75, 3.05) is 64.6 Å². The van der Waals surface area contributed by atoms with E-state index in [9.17, 15) is 4.79 Å². The van der Waals surface area contributed by atoms with Gasteiger partial charge in [0.25, 0.3) is 0 Å². The molecule has 27 heavy (non-hydrogen) atoms. The summed E-state index contributed by atoms with van der Waals surface area (Å²) in [5.41, 5.74) is 2.91. The molecule has 8 heteroatoms. The summed E-state index contributed by atoms with van der Waals surface area (Å²) in [6.07, 6.45) is 1.29. The summed E-state index contributed by atoms with van der Waals surface area (Å²) >= 11 is 0. The van der Waals surface area contributed by atoms with Crippen molar-refractivity contribution in [1.29, 1.82) is 0 Å². The van der Waals surface area contributed by atoms with Crippen LogP contribution in [0.15, 0.2) is 0 Å². The van der Waals surface area contributed by atoms with Crippen LogP contribution in [0.1, 0.15) is 29.8 Å². The molecule has 0 N–H and O–H groups in total. The number of morpholine rings is 1. The third kappa shape index (κ3) is 3.53. The minimum absolute atomic E-state index is 0.139. The average Bonchev–Trinajstić information content (AvgIpc) is 3.12. The number of carbonyl (C=O) groups is 1. The number of methoxy groups -OCH3 is 1. The monoisotopic (exact) mass is 376 g/mol. The summed E-state index contributed by atoms with van der Waals surface area (Å²) in [4.78, 5) is 26.3. The Kier molecular flexibility index (Phi) is 5.29. The van der Waals surface area contributed by atoms with Crippen LogP contribution >= 0.6 is 0 Å². The summed E-state index contributed by atoms with van der Waals surface area (Å²) in [7, 11) is 1.62. The predicted octanol–water partition coefficient (Wildman–Crippen LogP) is 0.658. The second-order valence-corrected chi connectivity index (χ2v) is 7.62. The molecule has 4 rings (SSSR count). The number of aryl methyl sites for hydroxylation is 1. The van der Waals surface area contributed by atoms with Gasteiger partial charge in [0, 0.05) is 44.5 Å². The van der Waals surface area contributed by atoms with Gasteiger partial charge in [0.2, 0.25) is 11.9 Å². The normalized spacial score (nSPS) is 25.1. The Morgan fingerprint density at radius 3 is 2.81 bits per heavy atom. The van der Waals surface area contributed by atoms with E-state index in [1.54, 1.807) is 7.11 Å². The smallest absolute Gasteiger partial charge is 0.225 e. The Labute approximate surface area is 159 Å². The number of fused-ring (bicyclic) bond motifs is 2. The van der Waals surface area contributed by atoms with Crippen molar-refractivity contribution < 1.29 is 19.0 Å². The lowest BCUT2D eigenvalue weighted by Crippen LogP contribution is -2.43. The van der Waals surface area contributed by atoms with Crippen LogP contribution in [0.5, 0.6) is 0 Å². The molecule has 1 spiro atoms. The van der Waals surface area contributed by atoms with Crippen LogP contribution in [-0.4, -0.2) is 80.5 Å². The van der Waals surface area contributed by atoms with Crippen molar-refractivity contribution in [3.05, 3.63) is 17.0 Å². The van der Waals surface area contributed by atoms with Crippen LogP contribution in [-0.2, 0) is 31.0 Å². The number of nitrogens with zero attached hydrogens (tertiary/aromatic N) is 4. The Morgan fingerprint density at radius 2 is 2.04 bits per heavy atom. The summed E-state index contributed by atoms with van der Waals surface area (Å²) in [5.74, 6) is 0.917. The number of rotatable bonds is 4. The van der Waals surface area contributed by atoms with Gasteiger partial charge in [0.15, 0.2) is 0 Å². The Bertz CT molecular complexity index is 707. The van der Waals surface area contributed by atoms with E-state index in [4.69, 9.17) is 24.2 Å². The highest BCUT2D eigenvalue weighted by molar-refractivity contribution is 5.77. The maximum Gasteiger partial charge on any atom is 0.225 e. The van der Waals surface area contributed by atoms with Crippen LogP contribution in [0.25, 0.3) is 0 Å². The van der Waals surface area contributed by atoms with E-state index in [0.717, 1.165) is 49.0 Å². The molecule has 1 amide bonds. The fourth-order valence-corrected chi connectivity index (χ4v) is 4.26. The highest BCUT2D eigenvalue weighted by atomic mass is 16.5. The zero-order valence-electron chi connectivity index (χ0n) is 16.2. The summed E-state index contributed by atoms with van der Waals surface area (Å²) in [6, 6.07) is 0. The first-order chi connectivity index (χ1) is 13.1. The molecule has 0 unspecified atom stereocenters. The number of ether oxygens (including phenoxy) is 3. The van der Waals surface area contributed by atoms with Crippen molar-refractivity contribution in [2.45, 2.75) is 31.8 Å². The second-order valence-electron chi connectivity index (χ2n) is 7.62. The van der Waals surface area contributed by atoms with Gasteiger partial charge in [-0.3, -0.25) is 4.79 Å². The lowest BCUT2D eigenvalue weighted by atomic mass is 9.80.